The molecule has 0 heterocycles. The van der Waals surface area contributed by atoms with Gasteiger partial charge in [-0.25, -0.2) is 0 Å². The normalized spacial score (nSPS) is 10.9. The molecule has 0 spiro atoms. The van der Waals surface area contributed by atoms with Gasteiger partial charge in [-0.2, -0.15) is 0 Å². The molecule has 0 aromatic heterocycles. The Hall–Kier alpha value is -0.930. The SMILES string of the molecule is CCCN(CCN(C)C)c1ccc(N)cc1Cl. The van der Waals surface area contributed by atoms with Crippen molar-refractivity contribution in [3.63, 3.8) is 0 Å². The van der Waals surface area contributed by atoms with E-state index in [0.29, 0.717) is 5.69 Å². The van der Waals surface area contributed by atoms with E-state index >= 15 is 0 Å². The number of nitrogens with zero attached hydrogens (tertiary/aromatic N) is 2. The molecular formula is C13H22ClN3. The zero-order valence-corrected chi connectivity index (χ0v) is 11.7. The largest absolute Gasteiger partial charge is 0.399 e. The molecule has 2 N–H and O–H groups in total. The first-order chi connectivity index (χ1) is 8.04. The van der Waals surface area contributed by atoms with Crippen molar-refractivity contribution in [3.8, 4) is 0 Å². The molecule has 0 atom stereocenters. The van der Waals surface area contributed by atoms with E-state index in [1.54, 1.807) is 0 Å². The highest BCUT2D eigenvalue weighted by Crippen LogP contribution is 2.27. The number of halogens is 1. The molecule has 0 radical (unpaired) electrons. The average molecular weight is 256 g/mol. The lowest BCUT2D eigenvalue weighted by Crippen LogP contribution is -2.32. The summed E-state index contributed by atoms with van der Waals surface area (Å²) in [6.07, 6.45) is 1.11. The smallest absolute Gasteiger partial charge is 0.0660 e. The number of hydrogen-bond donors (Lipinski definition) is 1. The minimum atomic E-state index is 0.711. The molecule has 96 valence electrons. The van der Waals surface area contributed by atoms with Gasteiger partial charge in [0, 0.05) is 25.3 Å². The van der Waals surface area contributed by atoms with E-state index in [4.69, 9.17) is 17.3 Å². The van der Waals surface area contributed by atoms with Crippen LogP contribution in [0, 0.1) is 0 Å². The molecule has 0 bridgehead atoms. The zero-order valence-electron chi connectivity index (χ0n) is 10.9. The van der Waals surface area contributed by atoms with E-state index in [2.05, 4.69) is 30.8 Å². The van der Waals surface area contributed by atoms with Gasteiger partial charge in [0.1, 0.15) is 0 Å². The molecule has 0 amide bonds. The molecule has 0 aliphatic heterocycles. The van der Waals surface area contributed by atoms with Crippen LogP contribution in [-0.2, 0) is 0 Å². The summed E-state index contributed by atoms with van der Waals surface area (Å²) in [6, 6.07) is 5.72. The monoisotopic (exact) mass is 255 g/mol. The fraction of sp³-hybridized carbons (Fsp3) is 0.538. The van der Waals surface area contributed by atoms with Crippen molar-refractivity contribution < 1.29 is 0 Å². The van der Waals surface area contributed by atoms with Crippen LogP contribution in [0.3, 0.4) is 0 Å². The van der Waals surface area contributed by atoms with Crippen molar-refractivity contribution in [2.75, 3.05) is 44.4 Å². The van der Waals surface area contributed by atoms with Crippen LogP contribution in [0.25, 0.3) is 0 Å². The third kappa shape index (κ3) is 4.44. The Kier molecular flexibility index (Phi) is 5.59. The summed E-state index contributed by atoms with van der Waals surface area (Å²) < 4.78 is 0. The molecule has 0 unspecified atom stereocenters. The Morgan fingerprint density at radius 1 is 1.18 bits per heavy atom. The standard InChI is InChI=1S/C13H22ClN3/c1-4-7-17(9-8-16(2)3)13-6-5-11(15)10-12(13)14/h5-6,10H,4,7-9,15H2,1-3H3. The second-order valence-electron chi connectivity index (χ2n) is 4.50. The predicted molar refractivity (Wildman–Crippen MR) is 76.9 cm³/mol. The second kappa shape index (κ2) is 6.72. The quantitative estimate of drug-likeness (QED) is 0.794. The molecule has 1 rings (SSSR count). The topological polar surface area (TPSA) is 32.5 Å². The van der Waals surface area contributed by atoms with Crippen LogP contribution in [0.15, 0.2) is 18.2 Å². The number of rotatable bonds is 6. The van der Waals surface area contributed by atoms with Crippen LogP contribution >= 0.6 is 11.6 Å². The van der Waals surface area contributed by atoms with Crippen LogP contribution in [0.5, 0.6) is 0 Å². The molecule has 4 heteroatoms. The van der Waals surface area contributed by atoms with Crippen molar-refractivity contribution in [1.29, 1.82) is 0 Å². The maximum atomic E-state index is 6.24. The van der Waals surface area contributed by atoms with E-state index in [9.17, 15) is 0 Å². The first-order valence-corrected chi connectivity index (χ1v) is 6.37. The van der Waals surface area contributed by atoms with Gasteiger partial charge in [-0.3, -0.25) is 0 Å². The Labute approximate surface area is 109 Å². The van der Waals surface area contributed by atoms with Gasteiger partial charge >= 0.3 is 0 Å². The lowest BCUT2D eigenvalue weighted by Gasteiger charge is -2.27. The van der Waals surface area contributed by atoms with Gasteiger partial charge in [-0.15, -0.1) is 0 Å². The number of benzene rings is 1. The van der Waals surface area contributed by atoms with Crippen molar-refractivity contribution in [1.82, 2.24) is 4.90 Å². The van der Waals surface area contributed by atoms with Crippen LogP contribution in [0.2, 0.25) is 5.02 Å². The van der Waals surface area contributed by atoms with Crippen LogP contribution in [0.1, 0.15) is 13.3 Å². The van der Waals surface area contributed by atoms with Gasteiger partial charge < -0.3 is 15.5 Å². The summed E-state index contributed by atoms with van der Waals surface area (Å²) in [5, 5.41) is 0.734. The molecule has 0 aliphatic carbocycles. The number of anilines is 2. The highest BCUT2D eigenvalue weighted by atomic mass is 35.5. The van der Waals surface area contributed by atoms with Gasteiger partial charge in [-0.1, -0.05) is 18.5 Å². The number of nitrogen functional groups attached to an aromatic ring is 1. The minimum Gasteiger partial charge on any atom is -0.399 e. The van der Waals surface area contributed by atoms with Crippen LogP contribution in [0.4, 0.5) is 11.4 Å². The fourth-order valence-corrected chi connectivity index (χ4v) is 2.03. The molecule has 17 heavy (non-hydrogen) atoms. The number of nitrogens with two attached hydrogens (primary N) is 1. The van der Waals surface area contributed by atoms with E-state index in [1.807, 2.05) is 18.2 Å². The van der Waals surface area contributed by atoms with E-state index in [1.165, 1.54) is 0 Å². The second-order valence-corrected chi connectivity index (χ2v) is 4.91. The molecule has 0 aliphatic rings. The van der Waals surface area contributed by atoms with Gasteiger partial charge in [0.15, 0.2) is 0 Å². The lowest BCUT2D eigenvalue weighted by atomic mass is 10.2. The van der Waals surface area contributed by atoms with E-state index in [0.717, 1.165) is 36.8 Å². The van der Waals surface area contributed by atoms with Gasteiger partial charge in [-0.05, 0) is 38.7 Å². The summed E-state index contributed by atoms with van der Waals surface area (Å²) in [7, 11) is 4.16. The first-order valence-electron chi connectivity index (χ1n) is 5.99. The molecule has 0 saturated carbocycles. The minimum absolute atomic E-state index is 0.711. The Bertz CT molecular complexity index is 353. The van der Waals surface area contributed by atoms with Crippen molar-refractivity contribution in [3.05, 3.63) is 23.2 Å². The third-order valence-electron chi connectivity index (χ3n) is 2.62. The maximum Gasteiger partial charge on any atom is 0.0660 e. The molecular weight excluding hydrogens is 234 g/mol. The third-order valence-corrected chi connectivity index (χ3v) is 2.93. The Morgan fingerprint density at radius 2 is 1.88 bits per heavy atom. The van der Waals surface area contributed by atoms with Gasteiger partial charge in [0.25, 0.3) is 0 Å². The molecule has 3 nitrogen and oxygen atoms in total. The molecule has 1 aromatic rings. The summed E-state index contributed by atoms with van der Waals surface area (Å²) in [4.78, 5) is 4.48. The fourth-order valence-electron chi connectivity index (χ4n) is 1.72. The summed E-state index contributed by atoms with van der Waals surface area (Å²) >= 11 is 6.24. The van der Waals surface area contributed by atoms with Crippen LogP contribution in [-0.4, -0.2) is 38.6 Å². The van der Waals surface area contributed by atoms with Crippen LogP contribution < -0.4 is 10.6 Å². The summed E-state index contributed by atoms with van der Waals surface area (Å²) in [5.41, 5.74) is 7.50. The van der Waals surface area contributed by atoms with Gasteiger partial charge in [0.05, 0.1) is 10.7 Å². The van der Waals surface area contributed by atoms with Crippen molar-refractivity contribution in [2.45, 2.75) is 13.3 Å². The Balaban J connectivity index is 2.81. The molecule has 0 saturated heterocycles. The van der Waals surface area contributed by atoms with E-state index in [-0.39, 0.29) is 0 Å². The van der Waals surface area contributed by atoms with Crippen molar-refractivity contribution >= 4 is 23.0 Å². The maximum absolute atomic E-state index is 6.24. The Morgan fingerprint density at radius 3 is 2.41 bits per heavy atom. The highest BCUT2D eigenvalue weighted by Gasteiger charge is 2.09. The summed E-state index contributed by atoms with van der Waals surface area (Å²) in [5.74, 6) is 0. The zero-order chi connectivity index (χ0) is 12.8. The number of hydrogen-bond acceptors (Lipinski definition) is 3. The van der Waals surface area contributed by atoms with Crippen molar-refractivity contribution in [2.24, 2.45) is 0 Å². The predicted octanol–water partition coefficient (Wildman–Crippen LogP) is 2.70. The molecule has 1 aromatic carbocycles. The number of likely N-dealkylation sites (N-methyl/N-ethyl adjacent to an activating group) is 1. The first kappa shape index (κ1) is 14.1. The average Bonchev–Trinajstić information content (AvgIpc) is 2.24. The lowest BCUT2D eigenvalue weighted by molar-refractivity contribution is 0.413. The highest BCUT2D eigenvalue weighted by molar-refractivity contribution is 6.33. The van der Waals surface area contributed by atoms with Gasteiger partial charge in [0.2, 0.25) is 0 Å². The van der Waals surface area contributed by atoms with E-state index < -0.39 is 0 Å². The summed E-state index contributed by atoms with van der Waals surface area (Å²) in [6.45, 7) is 5.18. The molecule has 0 fully saturated rings.